The Hall–Kier alpha value is -0.700. The van der Waals surface area contributed by atoms with Crippen LogP contribution in [-0.4, -0.2) is 29.1 Å². The number of hydrogen-bond acceptors (Lipinski definition) is 2. The quantitative estimate of drug-likeness (QED) is 0.773. The maximum atomic E-state index is 9.87. The van der Waals surface area contributed by atoms with Gasteiger partial charge < -0.3 is 5.11 Å². The zero-order valence-electron chi connectivity index (χ0n) is 14.5. The maximum absolute atomic E-state index is 9.87. The number of phenols is 1. The van der Waals surface area contributed by atoms with Crippen molar-refractivity contribution in [1.82, 2.24) is 4.90 Å². The number of phenolic OH excluding ortho intramolecular Hbond substituents is 1. The topological polar surface area (TPSA) is 23.5 Å². The first-order chi connectivity index (χ1) is 9.91. The third-order valence-corrected chi connectivity index (χ3v) is 5.84. The van der Waals surface area contributed by atoms with Gasteiger partial charge in [-0.05, 0) is 67.8 Å². The van der Waals surface area contributed by atoms with Gasteiger partial charge in [-0.25, -0.2) is 0 Å². The van der Waals surface area contributed by atoms with E-state index in [-0.39, 0.29) is 30.2 Å². The molecular formula is C19H29Cl2NO. The minimum absolute atomic E-state index is 0. The van der Waals surface area contributed by atoms with Crippen LogP contribution in [0.15, 0.2) is 29.8 Å². The first-order valence-corrected chi connectivity index (χ1v) is 8.11. The molecule has 0 amide bonds. The van der Waals surface area contributed by atoms with Gasteiger partial charge in [0.2, 0.25) is 0 Å². The molecule has 130 valence electrons. The van der Waals surface area contributed by atoms with Crippen LogP contribution in [0.1, 0.15) is 45.2 Å². The molecule has 2 bridgehead atoms. The van der Waals surface area contributed by atoms with Crippen molar-refractivity contribution in [3.05, 3.63) is 41.0 Å². The fourth-order valence-corrected chi connectivity index (χ4v) is 4.22. The first-order valence-electron chi connectivity index (χ1n) is 8.11. The summed E-state index contributed by atoms with van der Waals surface area (Å²) >= 11 is 0. The molecule has 0 spiro atoms. The fraction of sp³-hybridized carbons (Fsp3) is 0.579. The van der Waals surface area contributed by atoms with E-state index in [2.05, 4.69) is 44.7 Å². The van der Waals surface area contributed by atoms with E-state index in [9.17, 15) is 5.11 Å². The van der Waals surface area contributed by atoms with E-state index in [0.29, 0.717) is 17.7 Å². The third kappa shape index (κ3) is 3.55. The molecule has 1 aromatic rings. The molecule has 3 atom stereocenters. The first kappa shape index (κ1) is 20.3. The van der Waals surface area contributed by atoms with Crippen LogP contribution < -0.4 is 0 Å². The van der Waals surface area contributed by atoms with Crippen molar-refractivity contribution in [2.45, 2.75) is 52.0 Å². The van der Waals surface area contributed by atoms with Gasteiger partial charge in [0.1, 0.15) is 5.75 Å². The van der Waals surface area contributed by atoms with Crippen LogP contribution in [0.25, 0.3) is 0 Å². The van der Waals surface area contributed by atoms with E-state index in [1.54, 1.807) is 0 Å². The lowest BCUT2D eigenvalue weighted by atomic mass is 9.59. The molecule has 1 saturated heterocycles. The van der Waals surface area contributed by atoms with Crippen molar-refractivity contribution in [1.29, 1.82) is 0 Å². The highest BCUT2D eigenvalue weighted by atomic mass is 35.5. The van der Waals surface area contributed by atoms with E-state index < -0.39 is 0 Å². The monoisotopic (exact) mass is 357 g/mol. The summed E-state index contributed by atoms with van der Waals surface area (Å²) in [6, 6.07) is 6.60. The molecule has 1 N–H and O–H groups in total. The summed E-state index contributed by atoms with van der Waals surface area (Å²) in [7, 11) is 0. The highest BCUT2D eigenvalue weighted by Gasteiger charge is 2.48. The van der Waals surface area contributed by atoms with Crippen LogP contribution in [-0.2, 0) is 11.8 Å². The summed E-state index contributed by atoms with van der Waals surface area (Å²) in [5.41, 5.74) is 4.42. The van der Waals surface area contributed by atoms with Crippen molar-refractivity contribution in [3.63, 3.8) is 0 Å². The molecule has 1 aliphatic carbocycles. The van der Waals surface area contributed by atoms with Gasteiger partial charge in [0.05, 0.1) is 0 Å². The second kappa shape index (κ2) is 7.46. The normalized spacial score (nSPS) is 28.9. The third-order valence-electron chi connectivity index (χ3n) is 5.84. The van der Waals surface area contributed by atoms with Crippen LogP contribution in [0.2, 0.25) is 0 Å². The number of allylic oxidation sites excluding steroid dienone is 1. The van der Waals surface area contributed by atoms with Gasteiger partial charge in [0.25, 0.3) is 0 Å². The zero-order chi connectivity index (χ0) is 15.2. The molecule has 0 aromatic heterocycles. The SMILES string of the molecule is CC(C)=CCN1CCC2(C)c3cc(O)ccc3CC1C2C.Cl.Cl. The highest BCUT2D eigenvalue weighted by molar-refractivity contribution is 5.85. The summed E-state index contributed by atoms with van der Waals surface area (Å²) in [4.78, 5) is 2.65. The Kier molecular flexibility index (Phi) is 6.60. The van der Waals surface area contributed by atoms with Crippen molar-refractivity contribution in [2.24, 2.45) is 5.92 Å². The Morgan fingerprint density at radius 3 is 2.70 bits per heavy atom. The average molecular weight is 358 g/mol. The summed E-state index contributed by atoms with van der Waals surface area (Å²) in [6.07, 6.45) is 4.64. The Balaban J connectivity index is 0.00000132. The molecule has 4 heteroatoms. The molecule has 3 rings (SSSR count). The molecule has 1 heterocycles. The summed E-state index contributed by atoms with van der Waals surface area (Å²) < 4.78 is 0. The standard InChI is InChI=1S/C19H27NO.2ClH/c1-13(2)7-9-20-10-8-19(4)14(3)18(20)11-15-5-6-16(21)12-17(15)19;;/h5-7,12,14,18,21H,8-11H2,1-4H3;2*1H. The largest absolute Gasteiger partial charge is 0.508 e. The summed E-state index contributed by atoms with van der Waals surface area (Å²) in [6.45, 7) is 11.4. The van der Waals surface area contributed by atoms with Crippen LogP contribution in [0, 0.1) is 5.92 Å². The molecule has 3 unspecified atom stereocenters. The second-order valence-electron chi connectivity index (χ2n) is 7.35. The Morgan fingerprint density at radius 1 is 1.35 bits per heavy atom. The second-order valence-corrected chi connectivity index (χ2v) is 7.35. The predicted molar refractivity (Wildman–Crippen MR) is 102 cm³/mol. The van der Waals surface area contributed by atoms with Crippen LogP contribution >= 0.6 is 24.8 Å². The highest BCUT2D eigenvalue weighted by Crippen LogP contribution is 2.49. The fourth-order valence-electron chi connectivity index (χ4n) is 4.22. The van der Waals surface area contributed by atoms with Crippen molar-refractivity contribution in [2.75, 3.05) is 13.1 Å². The van der Waals surface area contributed by atoms with Gasteiger partial charge >= 0.3 is 0 Å². The number of rotatable bonds is 2. The van der Waals surface area contributed by atoms with E-state index in [0.717, 1.165) is 19.5 Å². The molecule has 23 heavy (non-hydrogen) atoms. The lowest BCUT2D eigenvalue weighted by molar-refractivity contribution is 0.0397. The van der Waals surface area contributed by atoms with E-state index in [1.807, 2.05) is 12.1 Å². The lowest BCUT2D eigenvalue weighted by Crippen LogP contribution is -2.57. The van der Waals surface area contributed by atoms with Gasteiger partial charge in [0.15, 0.2) is 0 Å². The van der Waals surface area contributed by atoms with Crippen molar-refractivity contribution >= 4 is 24.8 Å². The Bertz CT molecular complexity index is 583. The van der Waals surface area contributed by atoms with Gasteiger partial charge in [-0.1, -0.05) is 31.6 Å². The van der Waals surface area contributed by atoms with E-state index in [1.165, 1.54) is 23.1 Å². The van der Waals surface area contributed by atoms with Crippen LogP contribution in [0.4, 0.5) is 0 Å². The van der Waals surface area contributed by atoms with E-state index >= 15 is 0 Å². The number of piperidine rings is 1. The predicted octanol–water partition coefficient (Wildman–Crippen LogP) is 4.73. The molecule has 1 fully saturated rings. The molecule has 2 aliphatic rings. The van der Waals surface area contributed by atoms with Gasteiger partial charge in [-0.2, -0.15) is 0 Å². The minimum Gasteiger partial charge on any atom is -0.508 e. The number of aromatic hydroxyl groups is 1. The number of likely N-dealkylation sites (tertiary alicyclic amines) is 1. The Labute approximate surface area is 152 Å². The average Bonchev–Trinajstić information content (AvgIpc) is 2.43. The van der Waals surface area contributed by atoms with E-state index in [4.69, 9.17) is 0 Å². The summed E-state index contributed by atoms with van der Waals surface area (Å²) in [5.74, 6) is 1.04. The zero-order valence-corrected chi connectivity index (χ0v) is 16.1. The Morgan fingerprint density at radius 2 is 2.04 bits per heavy atom. The van der Waals surface area contributed by atoms with Gasteiger partial charge in [-0.15, -0.1) is 24.8 Å². The number of halogens is 2. The number of hydrogen-bond donors (Lipinski definition) is 1. The molecule has 1 aromatic carbocycles. The molecule has 2 nitrogen and oxygen atoms in total. The van der Waals surface area contributed by atoms with Crippen LogP contribution in [0.3, 0.4) is 0 Å². The van der Waals surface area contributed by atoms with Crippen molar-refractivity contribution in [3.8, 4) is 5.75 Å². The molecule has 0 radical (unpaired) electrons. The smallest absolute Gasteiger partial charge is 0.115 e. The number of fused-ring (bicyclic) bond motifs is 4. The van der Waals surface area contributed by atoms with Crippen LogP contribution in [0.5, 0.6) is 5.75 Å². The maximum Gasteiger partial charge on any atom is 0.115 e. The van der Waals surface area contributed by atoms with Gasteiger partial charge in [-0.3, -0.25) is 4.90 Å². The van der Waals surface area contributed by atoms with Crippen molar-refractivity contribution < 1.29 is 5.11 Å². The number of benzene rings is 1. The van der Waals surface area contributed by atoms with Gasteiger partial charge in [0, 0.05) is 12.6 Å². The molecular weight excluding hydrogens is 329 g/mol. The lowest BCUT2D eigenvalue weighted by Gasteiger charge is -2.54. The number of nitrogens with zero attached hydrogens (tertiary/aromatic N) is 1. The minimum atomic E-state index is 0. The molecule has 0 saturated carbocycles. The summed E-state index contributed by atoms with van der Waals surface area (Å²) in [5, 5.41) is 9.87. The molecule has 1 aliphatic heterocycles.